The van der Waals surface area contributed by atoms with Crippen LogP contribution in [0.25, 0.3) is 11.2 Å². The summed E-state index contributed by atoms with van der Waals surface area (Å²) in [5, 5.41) is 2.95. The SMILES string of the molecule is O=NCC1CCC(n2cnc3c(N4CCCCCC4)ncnc32)O1. The molecular formula is C16H22N6O2. The van der Waals surface area contributed by atoms with Gasteiger partial charge in [-0.25, -0.2) is 15.0 Å². The van der Waals surface area contributed by atoms with Crippen LogP contribution in [0.4, 0.5) is 5.82 Å². The first-order valence-corrected chi connectivity index (χ1v) is 8.74. The van der Waals surface area contributed by atoms with Gasteiger partial charge in [0.1, 0.15) is 19.1 Å². The van der Waals surface area contributed by atoms with Gasteiger partial charge < -0.3 is 9.64 Å². The fourth-order valence-corrected chi connectivity index (χ4v) is 3.67. The zero-order valence-corrected chi connectivity index (χ0v) is 13.7. The van der Waals surface area contributed by atoms with Crippen molar-refractivity contribution in [1.29, 1.82) is 0 Å². The van der Waals surface area contributed by atoms with Crippen molar-refractivity contribution in [2.45, 2.75) is 50.9 Å². The van der Waals surface area contributed by atoms with Gasteiger partial charge in [-0.15, -0.1) is 0 Å². The van der Waals surface area contributed by atoms with E-state index in [1.165, 1.54) is 25.7 Å². The fourth-order valence-electron chi connectivity index (χ4n) is 3.67. The predicted molar refractivity (Wildman–Crippen MR) is 89.8 cm³/mol. The number of imidazole rings is 1. The topological polar surface area (TPSA) is 85.5 Å². The molecule has 24 heavy (non-hydrogen) atoms. The van der Waals surface area contributed by atoms with Crippen molar-refractivity contribution in [2.75, 3.05) is 24.5 Å². The molecule has 0 bridgehead atoms. The Morgan fingerprint density at radius 1 is 1.12 bits per heavy atom. The van der Waals surface area contributed by atoms with Gasteiger partial charge in [0, 0.05) is 13.1 Å². The van der Waals surface area contributed by atoms with Crippen LogP contribution in [0.3, 0.4) is 0 Å². The molecule has 2 atom stereocenters. The van der Waals surface area contributed by atoms with E-state index in [9.17, 15) is 4.91 Å². The average molecular weight is 330 g/mol. The van der Waals surface area contributed by atoms with Crippen LogP contribution < -0.4 is 4.90 Å². The molecule has 2 aromatic rings. The maximum Gasteiger partial charge on any atom is 0.167 e. The minimum absolute atomic E-state index is 0.100. The third-order valence-electron chi connectivity index (χ3n) is 4.92. The minimum Gasteiger partial charge on any atom is -0.355 e. The van der Waals surface area contributed by atoms with Gasteiger partial charge in [-0.05, 0) is 25.7 Å². The molecule has 2 aromatic heterocycles. The molecule has 2 fully saturated rings. The van der Waals surface area contributed by atoms with Crippen LogP contribution in [-0.2, 0) is 4.74 Å². The molecule has 0 amide bonds. The van der Waals surface area contributed by atoms with Crippen LogP contribution in [-0.4, -0.2) is 45.3 Å². The summed E-state index contributed by atoms with van der Waals surface area (Å²) in [5.74, 6) is 0.921. The molecule has 4 heterocycles. The van der Waals surface area contributed by atoms with E-state index in [0.29, 0.717) is 0 Å². The van der Waals surface area contributed by atoms with Crippen LogP contribution in [0.15, 0.2) is 17.8 Å². The summed E-state index contributed by atoms with van der Waals surface area (Å²) in [7, 11) is 0. The Hall–Kier alpha value is -2.09. The Morgan fingerprint density at radius 3 is 2.75 bits per heavy atom. The number of nitrogens with zero attached hydrogens (tertiary/aromatic N) is 6. The number of hydrogen-bond donors (Lipinski definition) is 0. The molecular weight excluding hydrogens is 308 g/mol. The minimum atomic E-state index is -0.131. The molecule has 8 heteroatoms. The second-order valence-corrected chi connectivity index (χ2v) is 6.52. The van der Waals surface area contributed by atoms with Gasteiger partial charge >= 0.3 is 0 Å². The molecule has 0 radical (unpaired) electrons. The zero-order valence-electron chi connectivity index (χ0n) is 13.7. The van der Waals surface area contributed by atoms with Crippen molar-refractivity contribution in [1.82, 2.24) is 19.5 Å². The molecule has 2 unspecified atom stereocenters. The molecule has 0 spiro atoms. The second kappa shape index (κ2) is 6.80. The average Bonchev–Trinajstić information content (AvgIpc) is 3.14. The van der Waals surface area contributed by atoms with Crippen molar-refractivity contribution in [3.63, 3.8) is 0 Å². The van der Waals surface area contributed by atoms with E-state index >= 15 is 0 Å². The number of fused-ring (bicyclic) bond motifs is 1. The van der Waals surface area contributed by atoms with Crippen molar-refractivity contribution in [3.8, 4) is 0 Å². The number of hydrogen-bond acceptors (Lipinski definition) is 7. The highest BCUT2D eigenvalue weighted by atomic mass is 16.5. The number of ether oxygens (including phenoxy) is 1. The summed E-state index contributed by atoms with van der Waals surface area (Å²) in [4.78, 5) is 26.3. The summed E-state index contributed by atoms with van der Waals surface area (Å²) in [6.45, 7) is 2.25. The summed E-state index contributed by atoms with van der Waals surface area (Å²) < 4.78 is 7.88. The normalized spacial score (nSPS) is 25.1. The van der Waals surface area contributed by atoms with Gasteiger partial charge in [-0.2, -0.15) is 4.91 Å². The molecule has 2 aliphatic rings. The maximum absolute atomic E-state index is 10.4. The highest BCUT2D eigenvalue weighted by Gasteiger charge is 2.29. The lowest BCUT2D eigenvalue weighted by atomic mass is 10.2. The molecule has 0 aromatic carbocycles. The Kier molecular flexibility index (Phi) is 4.38. The molecule has 8 nitrogen and oxygen atoms in total. The second-order valence-electron chi connectivity index (χ2n) is 6.52. The van der Waals surface area contributed by atoms with E-state index in [-0.39, 0.29) is 18.9 Å². The first kappa shape index (κ1) is 15.4. The lowest BCUT2D eigenvalue weighted by Crippen LogP contribution is -2.25. The van der Waals surface area contributed by atoms with Gasteiger partial charge in [-0.1, -0.05) is 18.0 Å². The molecule has 0 aliphatic carbocycles. The first-order valence-electron chi connectivity index (χ1n) is 8.74. The fraction of sp³-hybridized carbons (Fsp3) is 0.688. The van der Waals surface area contributed by atoms with E-state index < -0.39 is 0 Å². The maximum atomic E-state index is 10.4. The summed E-state index contributed by atoms with van der Waals surface area (Å²) >= 11 is 0. The van der Waals surface area contributed by atoms with E-state index in [4.69, 9.17) is 4.74 Å². The molecule has 2 saturated heterocycles. The zero-order chi connectivity index (χ0) is 16.4. The van der Waals surface area contributed by atoms with Gasteiger partial charge in [0.15, 0.2) is 17.0 Å². The van der Waals surface area contributed by atoms with Crippen LogP contribution in [0.5, 0.6) is 0 Å². The smallest absolute Gasteiger partial charge is 0.167 e. The third-order valence-corrected chi connectivity index (χ3v) is 4.92. The van der Waals surface area contributed by atoms with Gasteiger partial charge in [0.05, 0.1) is 12.4 Å². The van der Waals surface area contributed by atoms with Crippen molar-refractivity contribution in [2.24, 2.45) is 5.18 Å². The number of rotatable bonds is 4. The number of nitroso groups, excluding NO2 is 1. The lowest BCUT2D eigenvalue weighted by Gasteiger charge is -2.21. The molecule has 2 aliphatic heterocycles. The van der Waals surface area contributed by atoms with E-state index in [2.05, 4.69) is 25.0 Å². The molecule has 128 valence electrons. The third kappa shape index (κ3) is 2.86. The van der Waals surface area contributed by atoms with E-state index in [1.54, 1.807) is 12.7 Å². The van der Waals surface area contributed by atoms with Crippen LogP contribution >= 0.6 is 0 Å². The van der Waals surface area contributed by atoms with Crippen LogP contribution in [0.1, 0.15) is 44.8 Å². The van der Waals surface area contributed by atoms with Crippen LogP contribution in [0.2, 0.25) is 0 Å². The largest absolute Gasteiger partial charge is 0.355 e. The lowest BCUT2D eigenvalue weighted by molar-refractivity contribution is 0.00876. The first-order chi connectivity index (χ1) is 11.9. The summed E-state index contributed by atoms with van der Waals surface area (Å²) in [6.07, 6.45) is 9.78. The Balaban J connectivity index is 1.63. The summed E-state index contributed by atoms with van der Waals surface area (Å²) in [5.41, 5.74) is 1.63. The predicted octanol–water partition coefficient (Wildman–Crippen LogP) is 2.65. The van der Waals surface area contributed by atoms with Gasteiger partial charge in [0.25, 0.3) is 0 Å². The van der Waals surface area contributed by atoms with Gasteiger partial charge in [-0.3, -0.25) is 4.57 Å². The van der Waals surface area contributed by atoms with E-state index in [1.807, 2.05) is 4.57 Å². The quantitative estimate of drug-likeness (QED) is 0.801. The number of aromatic nitrogens is 4. The van der Waals surface area contributed by atoms with Crippen molar-refractivity contribution >= 4 is 17.0 Å². The Bertz CT molecular complexity index is 710. The monoisotopic (exact) mass is 330 g/mol. The van der Waals surface area contributed by atoms with Crippen LogP contribution in [0, 0.1) is 4.91 Å². The van der Waals surface area contributed by atoms with E-state index in [0.717, 1.165) is 42.9 Å². The number of anilines is 1. The Labute approximate surface area is 140 Å². The molecule has 0 N–H and O–H groups in total. The Morgan fingerprint density at radius 2 is 1.96 bits per heavy atom. The molecule has 4 rings (SSSR count). The van der Waals surface area contributed by atoms with Crippen molar-refractivity contribution in [3.05, 3.63) is 17.6 Å². The molecule has 0 saturated carbocycles. The highest BCUT2D eigenvalue weighted by Crippen LogP contribution is 2.32. The van der Waals surface area contributed by atoms with Crippen molar-refractivity contribution < 1.29 is 4.74 Å². The standard InChI is InChI=1S/C16H22N6O2/c23-20-9-12-5-6-13(24-12)22-11-19-14-15(17-10-18-16(14)22)21-7-3-1-2-4-8-21/h10-13H,1-9H2. The van der Waals surface area contributed by atoms with Gasteiger partial charge in [0.2, 0.25) is 0 Å². The summed E-state index contributed by atoms with van der Waals surface area (Å²) in [6, 6.07) is 0. The highest BCUT2D eigenvalue weighted by molar-refractivity contribution is 5.83.